The van der Waals surface area contributed by atoms with E-state index < -0.39 is 5.82 Å². The number of hydrogen-bond donors (Lipinski definition) is 0. The lowest BCUT2D eigenvalue weighted by molar-refractivity contribution is 0.624. The quantitative estimate of drug-likeness (QED) is 0.458. The summed E-state index contributed by atoms with van der Waals surface area (Å²) >= 11 is 5.34. The van der Waals surface area contributed by atoms with Crippen LogP contribution >= 0.6 is 11.6 Å². The van der Waals surface area contributed by atoms with Crippen LogP contribution in [0.5, 0.6) is 0 Å². The molecule has 1 aromatic rings. The van der Waals surface area contributed by atoms with Gasteiger partial charge in [0.05, 0.1) is 11.4 Å². The van der Waals surface area contributed by atoms with Crippen LogP contribution in [-0.4, -0.2) is 5.88 Å². The number of rotatable bonds is 0. The summed E-state index contributed by atoms with van der Waals surface area (Å²) in [5, 5.41) is 8.50. The van der Waals surface area contributed by atoms with Crippen molar-refractivity contribution in [3.63, 3.8) is 0 Å². The molecule has 0 atom stereocenters. The first-order chi connectivity index (χ1) is 6.27. The number of halogens is 2. The highest BCUT2D eigenvalue weighted by Gasteiger charge is 1.99. The number of nitriles is 1. The van der Waals surface area contributed by atoms with Crippen LogP contribution in [0.1, 0.15) is 11.1 Å². The van der Waals surface area contributed by atoms with E-state index in [1.165, 1.54) is 18.2 Å². The van der Waals surface area contributed by atoms with E-state index in [4.69, 9.17) is 16.9 Å². The summed E-state index contributed by atoms with van der Waals surface area (Å²) in [5.74, 6) is 5.01. The lowest BCUT2D eigenvalue weighted by Gasteiger charge is -1.93. The van der Waals surface area contributed by atoms with Crippen LogP contribution in [-0.2, 0) is 0 Å². The molecule has 0 unspecified atom stereocenters. The van der Waals surface area contributed by atoms with Gasteiger partial charge in [-0.3, -0.25) is 0 Å². The molecule has 0 N–H and O–H groups in total. The Balaban J connectivity index is 3.08. The molecule has 0 radical (unpaired) electrons. The van der Waals surface area contributed by atoms with Gasteiger partial charge in [0.1, 0.15) is 11.9 Å². The first-order valence-electron chi connectivity index (χ1n) is 3.52. The molecule has 3 heteroatoms. The summed E-state index contributed by atoms with van der Waals surface area (Å²) in [4.78, 5) is 0. The smallest absolute Gasteiger partial charge is 0.141 e. The molecular formula is C10H5ClFN. The van der Waals surface area contributed by atoms with Gasteiger partial charge in [-0.05, 0) is 18.2 Å². The highest BCUT2D eigenvalue weighted by Crippen LogP contribution is 2.08. The standard InChI is InChI=1S/C10H5ClFN/c11-5-1-2-8-3-4-10(12)9(6-8)7-13/h3-4,6H,5H2. The fourth-order valence-electron chi connectivity index (χ4n) is 0.824. The molecule has 0 heterocycles. The third kappa shape index (κ3) is 2.47. The Morgan fingerprint density at radius 3 is 2.85 bits per heavy atom. The molecule has 0 aliphatic carbocycles. The van der Waals surface area contributed by atoms with Gasteiger partial charge in [0.25, 0.3) is 0 Å². The fourth-order valence-corrected chi connectivity index (χ4v) is 0.891. The number of benzene rings is 1. The maximum Gasteiger partial charge on any atom is 0.141 e. The van der Waals surface area contributed by atoms with Crippen molar-refractivity contribution in [2.24, 2.45) is 0 Å². The van der Waals surface area contributed by atoms with Gasteiger partial charge in [-0.15, -0.1) is 11.6 Å². The summed E-state index contributed by atoms with van der Waals surface area (Å²) in [6, 6.07) is 5.86. The Morgan fingerprint density at radius 1 is 1.46 bits per heavy atom. The van der Waals surface area contributed by atoms with Gasteiger partial charge < -0.3 is 0 Å². The van der Waals surface area contributed by atoms with E-state index in [0.29, 0.717) is 5.56 Å². The van der Waals surface area contributed by atoms with Gasteiger partial charge in [-0.1, -0.05) is 11.8 Å². The van der Waals surface area contributed by atoms with Crippen LogP contribution in [0.2, 0.25) is 0 Å². The van der Waals surface area contributed by atoms with Gasteiger partial charge in [-0.25, -0.2) is 4.39 Å². The average Bonchev–Trinajstić information content (AvgIpc) is 2.16. The van der Waals surface area contributed by atoms with E-state index in [1.54, 1.807) is 6.07 Å². The Labute approximate surface area is 80.8 Å². The predicted octanol–water partition coefficient (Wildman–Crippen LogP) is 2.29. The normalized spacial score (nSPS) is 8.38. The van der Waals surface area contributed by atoms with Crippen LogP contribution in [0, 0.1) is 29.0 Å². The molecule has 1 aromatic carbocycles. The van der Waals surface area contributed by atoms with Crippen molar-refractivity contribution >= 4 is 11.6 Å². The summed E-state index contributed by atoms with van der Waals surface area (Å²) < 4.78 is 12.8. The van der Waals surface area contributed by atoms with Crippen LogP contribution in [0.3, 0.4) is 0 Å². The first kappa shape index (κ1) is 9.58. The van der Waals surface area contributed by atoms with Crippen molar-refractivity contribution in [3.05, 3.63) is 35.1 Å². The van der Waals surface area contributed by atoms with E-state index in [2.05, 4.69) is 11.8 Å². The summed E-state index contributed by atoms with van der Waals surface area (Å²) in [6.07, 6.45) is 0. The van der Waals surface area contributed by atoms with Crippen LogP contribution in [0.15, 0.2) is 18.2 Å². The monoisotopic (exact) mass is 193 g/mol. The lowest BCUT2D eigenvalue weighted by atomic mass is 10.1. The fraction of sp³-hybridized carbons (Fsp3) is 0.100. The summed E-state index contributed by atoms with van der Waals surface area (Å²) in [5.41, 5.74) is 0.597. The van der Waals surface area contributed by atoms with Crippen LogP contribution < -0.4 is 0 Å². The topological polar surface area (TPSA) is 23.8 Å². The van der Waals surface area contributed by atoms with Crippen molar-refractivity contribution in [3.8, 4) is 17.9 Å². The third-order valence-corrected chi connectivity index (χ3v) is 1.52. The van der Waals surface area contributed by atoms with Gasteiger partial charge in [-0.2, -0.15) is 5.26 Å². The minimum absolute atomic E-state index is 0.00127. The molecule has 1 nitrogen and oxygen atoms in total. The second-order valence-corrected chi connectivity index (χ2v) is 2.51. The molecule has 0 aliphatic rings. The summed E-state index contributed by atoms with van der Waals surface area (Å²) in [7, 11) is 0. The molecule has 13 heavy (non-hydrogen) atoms. The van der Waals surface area contributed by atoms with E-state index in [9.17, 15) is 4.39 Å². The molecule has 0 aromatic heterocycles. The number of hydrogen-bond acceptors (Lipinski definition) is 1. The van der Waals surface area contributed by atoms with Gasteiger partial charge in [0, 0.05) is 5.56 Å². The van der Waals surface area contributed by atoms with Crippen molar-refractivity contribution in [2.75, 3.05) is 5.88 Å². The van der Waals surface area contributed by atoms with Crippen LogP contribution in [0.25, 0.3) is 0 Å². The lowest BCUT2D eigenvalue weighted by Crippen LogP contribution is -1.84. The zero-order chi connectivity index (χ0) is 9.68. The van der Waals surface area contributed by atoms with E-state index in [1.807, 2.05) is 0 Å². The molecule has 0 amide bonds. The third-order valence-electron chi connectivity index (χ3n) is 1.39. The number of nitrogens with zero attached hydrogens (tertiary/aromatic N) is 1. The maximum atomic E-state index is 12.8. The van der Waals surface area contributed by atoms with Crippen molar-refractivity contribution in [1.29, 1.82) is 5.26 Å². The average molecular weight is 194 g/mol. The Hall–Kier alpha value is -1.51. The molecule has 0 aliphatic heterocycles. The summed E-state index contributed by atoms with van der Waals surface area (Å²) in [6.45, 7) is 0. The minimum Gasteiger partial charge on any atom is -0.206 e. The molecule has 0 saturated carbocycles. The molecule has 0 saturated heterocycles. The predicted molar refractivity (Wildman–Crippen MR) is 48.7 cm³/mol. The first-order valence-corrected chi connectivity index (χ1v) is 4.06. The molecule has 0 bridgehead atoms. The second kappa shape index (κ2) is 4.50. The SMILES string of the molecule is N#Cc1cc(C#CCCl)ccc1F. The van der Waals surface area contributed by atoms with E-state index in [0.717, 1.165) is 0 Å². The molecule has 0 fully saturated rings. The molecule has 0 spiro atoms. The highest BCUT2D eigenvalue weighted by atomic mass is 35.5. The number of alkyl halides is 1. The van der Waals surface area contributed by atoms with Crippen LogP contribution in [0.4, 0.5) is 4.39 Å². The zero-order valence-corrected chi connectivity index (χ0v) is 7.40. The molecular weight excluding hydrogens is 189 g/mol. The Morgan fingerprint density at radius 2 is 2.23 bits per heavy atom. The molecule has 64 valence electrons. The van der Waals surface area contributed by atoms with E-state index >= 15 is 0 Å². The van der Waals surface area contributed by atoms with Crippen molar-refractivity contribution in [1.82, 2.24) is 0 Å². The Bertz CT molecular complexity index is 409. The van der Waals surface area contributed by atoms with Crippen molar-refractivity contribution in [2.45, 2.75) is 0 Å². The van der Waals surface area contributed by atoms with Gasteiger partial charge in [0.2, 0.25) is 0 Å². The highest BCUT2D eigenvalue weighted by molar-refractivity contribution is 6.19. The van der Waals surface area contributed by atoms with Gasteiger partial charge >= 0.3 is 0 Å². The minimum atomic E-state index is -0.529. The second-order valence-electron chi connectivity index (χ2n) is 2.24. The largest absolute Gasteiger partial charge is 0.206 e. The zero-order valence-electron chi connectivity index (χ0n) is 6.64. The van der Waals surface area contributed by atoms with Gasteiger partial charge in [0.15, 0.2) is 0 Å². The maximum absolute atomic E-state index is 12.8. The Kier molecular flexibility index (Phi) is 3.31. The van der Waals surface area contributed by atoms with E-state index in [-0.39, 0.29) is 11.4 Å². The van der Waals surface area contributed by atoms with Crippen molar-refractivity contribution < 1.29 is 4.39 Å². The molecule has 1 rings (SSSR count).